The van der Waals surface area contributed by atoms with Crippen molar-refractivity contribution in [3.63, 3.8) is 0 Å². The number of carbonyl (C=O) groups excluding carboxylic acids is 3. The zero-order valence-corrected chi connectivity index (χ0v) is 24.7. The minimum atomic E-state index is -3.97. The predicted molar refractivity (Wildman–Crippen MR) is 158 cm³/mol. The first-order chi connectivity index (χ1) is 20.1. The van der Waals surface area contributed by atoms with Crippen LogP contribution in [0.4, 0.5) is 0 Å². The number of benzene rings is 2. The molecule has 0 aliphatic carbocycles. The topological polar surface area (TPSA) is 170 Å². The van der Waals surface area contributed by atoms with E-state index in [1.165, 1.54) is 7.11 Å². The molecule has 13 heteroatoms. The van der Waals surface area contributed by atoms with Crippen molar-refractivity contribution in [1.82, 2.24) is 20.3 Å². The number of carbonyl (C=O) groups is 3. The first-order valence-electron chi connectivity index (χ1n) is 13.1. The third-order valence-electron chi connectivity index (χ3n) is 6.30. The van der Waals surface area contributed by atoms with Gasteiger partial charge < -0.3 is 21.1 Å². The number of rotatable bonds is 15. The lowest BCUT2D eigenvalue weighted by atomic mass is 10.1. The number of methoxy groups -OCH3 is 1. The number of hydrogen-bond acceptors (Lipinski definition) is 8. The first kappa shape index (κ1) is 32.7. The highest BCUT2D eigenvalue weighted by atomic mass is 35.5. The number of pyridine rings is 1. The third-order valence-corrected chi connectivity index (χ3v) is 7.89. The Kier molecular flexibility index (Phi) is 12.4. The zero-order valence-electron chi connectivity index (χ0n) is 23.1. The first-order valence-corrected chi connectivity index (χ1v) is 15.2. The number of nitrogens with one attached hydrogen (secondary N) is 3. The molecule has 42 heavy (non-hydrogen) atoms. The summed E-state index contributed by atoms with van der Waals surface area (Å²) in [6.07, 6.45) is 2.12. The molecule has 1 unspecified atom stereocenters. The molecule has 3 aromatic rings. The SMILES string of the molecule is COC(=O)Cc1ccc(CS(=O)(=O)NC(CCc2ccccn2)C(=O)NCC(=O)NCc2cc(Cl)ccc2CN)cc1. The van der Waals surface area contributed by atoms with Crippen LogP contribution in [-0.4, -0.2) is 50.9 Å². The average Bonchev–Trinajstić information content (AvgIpc) is 2.98. The predicted octanol–water partition coefficient (Wildman–Crippen LogP) is 1.76. The van der Waals surface area contributed by atoms with Crippen LogP contribution in [0.1, 0.15) is 34.4 Å². The normalized spacial score (nSPS) is 11.9. The van der Waals surface area contributed by atoms with Gasteiger partial charge in [0.25, 0.3) is 0 Å². The van der Waals surface area contributed by atoms with E-state index in [9.17, 15) is 22.8 Å². The number of nitrogens with two attached hydrogens (primary N) is 1. The Hall–Kier alpha value is -3.84. The second kappa shape index (κ2) is 16.0. The van der Waals surface area contributed by atoms with E-state index in [-0.39, 0.29) is 38.2 Å². The van der Waals surface area contributed by atoms with Gasteiger partial charge in [0.05, 0.1) is 25.8 Å². The van der Waals surface area contributed by atoms with Crippen molar-refractivity contribution in [2.45, 2.75) is 44.1 Å². The summed E-state index contributed by atoms with van der Waals surface area (Å²) < 4.78 is 33.2. The lowest BCUT2D eigenvalue weighted by Gasteiger charge is -2.19. The number of amides is 2. The van der Waals surface area contributed by atoms with Crippen LogP contribution in [0.15, 0.2) is 66.9 Å². The maximum Gasteiger partial charge on any atom is 0.309 e. The number of ether oxygens (including phenoxy) is 1. The third kappa shape index (κ3) is 10.9. The van der Waals surface area contributed by atoms with Gasteiger partial charge in [-0.25, -0.2) is 13.1 Å². The van der Waals surface area contributed by atoms with Gasteiger partial charge in [0.15, 0.2) is 0 Å². The summed E-state index contributed by atoms with van der Waals surface area (Å²) >= 11 is 6.05. The van der Waals surface area contributed by atoms with Crippen LogP contribution in [0.25, 0.3) is 0 Å². The summed E-state index contributed by atoms with van der Waals surface area (Å²) in [7, 11) is -2.68. The molecule has 0 bridgehead atoms. The molecular formula is C29H34ClN5O6S. The smallest absolute Gasteiger partial charge is 0.309 e. The molecule has 11 nitrogen and oxygen atoms in total. The molecule has 0 fully saturated rings. The highest BCUT2D eigenvalue weighted by molar-refractivity contribution is 7.88. The van der Waals surface area contributed by atoms with Crippen molar-refractivity contribution in [2.24, 2.45) is 5.73 Å². The number of hydrogen-bond donors (Lipinski definition) is 4. The standard InChI is InChI=1S/C29H34ClN5O6S/c1-41-28(37)14-20-5-7-21(8-6-20)19-42(39,40)35-26(12-11-25-4-2-3-13-32-25)29(38)34-18-27(36)33-17-23-15-24(30)10-9-22(23)16-31/h2-10,13,15,26,35H,11-12,14,16-19,31H2,1H3,(H,33,36)(H,34,38). The molecule has 0 spiro atoms. The molecule has 1 heterocycles. The average molecular weight is 616 g/mol. The fraction of sp³-hybridized carbons (Fsp3) is 0.310. The van der Waals surface area contributed by atoms with E-state index in [2.05, 4.69) is 25.1 Å². The number of aryl methyl sites for hydroxylation is 1. The molecular weight excluding hydrogens is 582 g/mol. The summed E-state index contributed by atoms with van der Waals surface area (Å²) in [5, 5.41) is 5.73. The van der Waals surface area contributed by atoms with Crippen molar-refractivity contribution in [3.05, 3.63) is 99.8 Å². The highest BCUT2D eigenvalue weighted by Gasteiger charge is 2.25. The van der Waals surface area contributed by atoms with Crippen LogP contribution in [0.2, 0.25) is 5.02 Å². The molecule has 224 valence electrons. The van der Waals surface area contributed by atoms with Crippen LogP contribution in [0.5, 0.6) is 0 Å². The largest absolute Gasteiger partial charge is 0.469 e. The second-order valence-corrected chi connectivity index (χ2v) is 11.7. The molecule has 0 saturated heterocycles. The molecule has 2 aromatic carbocycles. The number of aromatic nitrogens is 1. The Morgan fingerprint density at radius 2 is 1.74 bits per heavy atom. The fourth-order valence-corrected chi connectivity index (χ4v) is 5.62. The second-order valence-electron chi connectivity index (χ2n) is 9.47. The van der Waals surface area contributed by atoms with Crippen molar-refractivity contribution < 1.29 is 27.5 Å². The Labute approximate surface area is 250 Å². The summed E-state index contributed by atoms with van der Waals surface area (Å²) in [4.78, 5) is 41.3. The molecule has 3 rings (SSSR count). The van der Waals surface area contributed by atoms with Crippen LogP contribution in [0, 0.1) is 0 Å². The molecule has 5 N–H and O–H groups in total. The highest BCUT2D eigenvalue weighted by Crippen LogP contribution is 2.16. The van der Waals surface area contributed by atoms with Gasteiger partial charge in [-0.05, 0) is 59.4 Å². The maximum absolute atomic E-state index is 13.1. The van der Waals surface area contributed by atoms with Gasteiger partial charge in [0.2, 0.25) is 21.8 Å². The summed E-state index contributed by atoms with van der Waals surface area (Å²) in [6, 6.07) is 15.9. The number of esters is 1. The van der Waals surface area contributed by atoms with E-state index in [4.69, 9.17) is 17.3 Å². The monoisotopic (exact) mass is 615 g/mol. The van der Waals surface area contributed by atoms with Crippen LogP contribution in [0.3, 0.4) is 0 Å². The Bertz CT molecular complexity index is 1470. The molecule has 2 amide bonds. The lowest BCUT2D eigenvalue weighted by Crippen LogP contribution is -2.49. The fourth-order valence-electron chi connectivity index (χ4n) is 4.06. The number of sulfonamides is 1. The molecule has 0 aliphatic heterocycles. The minimum Gasteiger partial charge on any atom is -0.469 e. The van der Waals surface area contributed by atoms with Crippen LogP contribution in [-0.2, 0) is 60.8 Å². The van der Waals surface area contributed by atoms with Gasteiger partial charge >= 0.3 is 5.97 Å². The quantitative estimate of drug-likeness (QED) is 0.187. The molecule has 0 saturated carbocycles. The number of nitrogens with zero attached hydrogens (tertiary/aromatic N) is 1. The van der Waals surface area contributed by atoms with Gasteiger partial charge in [0.1, 0.15) is 6.04 Å². The number of halogens is 1. The van der Waals surface area contributed by atoms with Crippen LogP contribution < -0.4 is 21.1 Å². The van der Waals surface area contributed by atoms with Gasteiger partial charge in [-0.1, -0.05) is 48.0 Å². The van der Waals surface area contributed by atoms with E-state index in [0.29, 0.717) is 28.3 Å². The maximum atomic E-state index is 13.1. The van der Waals surface area contributed by atoms with E-state index in [0.717, 1.165) is 11.1 Å². The molecule has 0 aliphatic rings. The van der Waals surface area contributed by atoms with Crippen LogP contribution >= 0.6 is 11.6 Å². The van der Waals surface area contributed by atoms with Gasteiger partial charge in [-0.15, -0.1) is 0 Å². The van der Waals surface area contributed by atoms with E-state index in [1.54, 1.807) is 66.9 Å². The lowest BCUT2D eigenvalue weighted by molar-refractivity contribution is -0.139. The summed E-state index contributed by atoms with van der Waals surface area (Å²) in [5.74, 6) is -1.91. The minimum absolute atomic E-state index is 0.0679. The van der Waals surface area contributed by atoms with Crippen molar-refractivity contribution >= 4 is 39.4 Å². The van der Waals surface area contributed by atoms with Gasteiger partial charge in [0, 0.05) is 30.0 Å². The van der Waals surface area contributed by atoms with E-state index >= 15 is 0 Å². The Morgan fingerprint density at radius 1 is 1.00 bits per heavy atom. The Morgan fingerprint density at radius 3 is 2.40 bits per heavy atom. The van der Waals surface area contributed by atoms with Crippen molar-refractivity contribution in [2.75, 3.05) is 13.7 Å². The Balaban J connectivity index is 1.62. The van der Waals surface area contributed by atoms with E-state index < -0.39 is 33.8 Å². The van der Waals surface area contributed by atoms with Crippen molar-refractivity contribution in [3.8, 4) is 0 Å². The van der Waals surface area contributed by atoms with Gasteiger partial charge in [-0.3, -0.25) is 19.4 Å². The molecule has 0 radical (unpaired) electrons. The van der Waals surface area contributed by atoms with Crippen molar-refractivity contribution in [1.29, 1.82) is 0 Å². The summed E-state index contributed by atoms with van der Waals surface area (Å²) in [6.45, 7) is 0.0750. The zero-order chi connectivity index (χ0) is 30.5. The summed E-state index contributed by atoms with van der Waals surface area (Å²) in [5.41, 5.74) is 9.16. The molecule has 1 aromatic heterocycles. The van der Waals surface area contributed by atoms with Gasteiger partial charge in [-0.2, -0.15) is 0 Å². The van der Waals surface area contributed by atoms with E-state index in [1.807, 2.05) is 0 Å². The molecule has 1 atom stereocenters.